The standard InChI is InChI=1S/C19H20O4/c1-21-19(20)17-12-16(13-22-15-10-6-3-7-11-15)23-18(17)14-8-4-2-5-9-14/h2-11,16-18H,12-13H2,1H3/t16-,17+,18-/m0/s1. The maximum absolute atomic E-state index is 12.1. The molecule has 0 radical (unpaired) electrons. The van der Waals surface area contributed by atoms with E-state index in [0.717, 1.165) is 11.3 Å². The Morgan fingerprint density at radius 1 is 1.09 bits per heavy atom. The molecule has 3 atom stereocenters. The Morgan fingerprint density at radius 3 is 2.39 bits per heavy atom. The second kappa shape index (κ2) is 7.29. The molecular formula is C19H20O4. The van der Waals surface area contributed by atoms with Crippen LogP contribution < -0.4 is 4.74 Å². The summed E-state index contributed by atoms with van der Waals surface area (Å²) < 4.78 is 16.8. The van der Waals surface area contributed by atoms with Crippen molar-refractivity contribution in [3.05, 3.63) is 66.2 Å². The summed E-state index contributed by atoms with van der Waals surface area (Å²) in [7, 11) is 1.41. The van der Waals surface area contributed by atoms with Crippen LogP contribution in [-0.2, 0) is 14.3 Å². The Hall–Kier alpha value is -2.33. The number of esters is 1. The highest BCUT2D eigenvalue weighted by Crippen LogP contribution is 2.39. The number of ether oxygens (including phenoxy) is 3. The van der Waals surface area contributed by atoms with E-state index in [1.807, 2.05) is 60.7 Å². The van der Waals surface area contributed by atoms with Gasteiger partial charge in [-0.2, -0.15) is 0 Å². The third-order valence-electron chi connectivity index (χ3n) is 4.03. The number of para-hydroxylation sites is 1. The second-order valence-corrected chi connectivity index (χ2v) is 5.58. The molecule has 0 aromatic heterocycles. The Morgan fingerprint density at radius 2 is 1.74 bits per heavy atom. The van der Waals surface area contributed by atoms with Gasteiger partial charge in [-0.25, -0.2) is 0 Å². The van der Waals surface area contributed by atoms with Crippen LogP contribution in [0.2, 0.25) is 0 Å². The average Bonchev–Trinajstić information content (AvgIpc) is 3.05. The molecule has 0 aliphatic carbocycles. The molecular weight excluding hydrogens is 292 g/mol. The summed E-state index contributed by atoms with van der Waals surface area (Å²) in [4.78, 5) is 12.1. The molecule has 1 fully saturated rings. The molecule has 0 amide bonds. The maximum Gasteiger partial charge on any atom is 0.311 e. The lowest BCUT2D eigenvalue weighted by Gasteiger charge is -2.17. The molecule has 2 aromatic carbocycles. The van der Waals surface area contributed by atoms with Gasteiger partial charge in [0, 0.05) is 0 Å². The molecule has 4 nitrogen and oxygen atoms in total. The van der Waals surface area contributed by atoms with Crippen LogP contribution in [-0.4, -0.2) is 25.8 Å². The van der Waals surface area contributed by atoms with Gasteiger partial charge in [-0.05, 0) is 24.1 Å². The zero-order valence-corrected chi connectivity index (χ0v) is 13.1. The Kier molecular flexibility index (Phi) is 4.93. The van der Waals surface area contributed by atoms with Gasteiger partial charge < -0.3 is 14.2 Å². The van der Waals surface area contributed by atoms with E-state index in [4.69, 9.17) is 14.2 Å². The van der Waals surface area contributed by atoms with Crippen molar-refractivity contribution >= 4 is 5.97 Å². The summed E-state index contributed by atoms with van der Waals surface area (Å²) in [5.41, 5.74) is 0.991. The van der Waals surface area contributed by atoms with Gasteiger partial charge in [-0.3, -0.25) is 4.79 Å². The first-order chi connectivity index (χ1) is 11.3. The van der Waals surface area contributed by atoms with Crippen molar-refractivity contribution < 1.29 is 19.0 Å². The third-order valence-corrected chi connectivity index (χ3v) is 4.03. The van der Waals surface area contributed by atoms with Crippen molar-refractivity contribution in [1.29, 1.82) is 0 Å². The largest absolute Gasteiger partial charge is 0.491 e. The Balaban J connectivity index is 1.69. The lowest BCUT2D eigenvalue weighted by atomic mass is 9.94. The van der Waals surface area contributed by atoms with Crippen LogP contribution >= 0.6 is 0 Å². The van der Waals surface area contributed by atoms with Crippen LogP contribution in [0.5, 0.6) is 5.75 Å². The zero-order valence-electron chi connectivity index (χ0n) is 13.1. The lowest BCUT2D eigenvalue weighted by molar-refractivity contribution is -0.147. The summed E-state index contributed by atoms with van der Waals surface area (Å²) in [5, 5.41) is 0. The highest BCUT2D eigenvalue weighted by molar-refractivity contribution is 5.73. The molecule has 0 saturated carbocycles. The van der Waals surface area contributed by atoms with E-state index in [9.17, 15) is 4.79 Å². The minimum absolute atomic E-state index is 0.135. The number of hydrogen-bond acceptors (Lipinski definition) is 4. The van der Waals surface area contributed by atoms with E-state index in [1.165, 1.54) is 7.11 Å². The average molecular weight is 312 g/mol. The van der Waals surface area contributed by atoms with Crippen LogP contribution in [0.15, 0.2) is 60.7 Å². The first-order valence-corrected chi connectivity index (χ1v) is 7.74. The number of hydrogen-bond donors (Lipinski definition) is 0. The molecule has 120 valence electrons. The van der Waals surface area contributed by atoms with Gasteiger partial charge in [0.25, 0.3) is 0 Å². The third kappa shape index (κ3) is 3.71. The molecule has 4 heteroatoms. The van der Waals surface area contributed by atoms with Gasteiger partial charge in [-0.15, -0.1) is 0 Å². The molecule has 1 heterocycles. The molecule has 3 rings (SSSR count). The zero-order chi connectivity index (χ0) is 16.1. The number of rotatable bonds is 5. The van der Waals surface area contributed by atoms with Crippen molar-refractivity contribution in [2.45, 2.75) is 18.6 Å². The minimum atomic E-state index is -0.299. The van der Waals surface area contributed by atoms with Crippen LogP contribution in [0.4, 0.5) is 0 Å². The highest BCUT2D eigenvalue weighted by atomic mass is 16.6. The van der Waals surface area contributed by atoms with E-state index in [2.05, 4.69) is 0 Å². The fourth-order valence-corrected chi connectivity index (χ4v) is 2.90. The van der Waals surface area contributed by atoms with E-state index in [1.54, 1.807) is 0 Å². The van der Waals surface area contributed by atoms with Crippen molar-refractivity contribution in [1.82, 2.24) is 0 Å². The van der Waals surface area contributed by atoms with Gasteiger partial charge >= 0.3 is 5.97 Å². The molecule has 1 aliphatic heterocycles. The molecule has 2 aromatic rings. The van der Waals surface area contributed by atoms with E-state index in [0.29, 0.717) is 13.0 Å². The van der Waals surface area contributed by atoms with Gasteiger partial charge in [0.1, 0.15) is 12.4 Å². The number of benzene rings is 2. The Labute approximate surface area is 136 Å². The minimum Gasteiger partial charge on any atom is -0.491 e. The van der Waals surface area contributed by atoms with Crippen LogP contribution in [0, 0.1) is 5.92 Å². The van der Waals surface area contributed by atoms with Crippen LogP contribution in [0.3, 0.4) is 0 Å². The first-order valence-electron chi connectivity index (χ1n) is 7.74. The molecule has 1 aliphatic rings. The normalized spacial score (nSPS) is 23.4. The summed E-state index contributed by atoms with van der Waals surface area (Å²) >= 11 is 0. The topological polar surface area (TPSA) is 44.8 Å². The lowest BCUT2D eigenvalue weighted by Crippen LogP contribution is -2.20. The second-order valence-electron chi connectivity index (χ2n) is 5.58. The fraction of sp³-hybridized carbons (Fsp3) is 0.316. The van der Waals surface area contributed by atoms with Crippen molar-refractivity contribution in [2.24, 2.45) is 5.92 Å². The quantitative estimate of drug-likeness (QED) is 0.794. The van der Waals surface area contributed by atoms with Gasteiger partial charge in [-0.1, -0.05) is 48.5 Å². The summed E-state index contributed by atoms with van der Waals surface area (Å²) in [5.74, 6) is 0.265. The van der Waals surface area contributed by atoms with Crippen molar-refractivity contribution in [3.8, 4) is 5.75 Å². The summed E-state index contributed by atoms with van der Waals surface area (Å²) in [6.45, 7) is 0.418. The summed E-state index contributed by atoms with van der Waals surface area (Å²) in [6, 6.07) is 19.4. The molecule has 0 bridgehead atoms. The SMILES string of the molecule is COC(=O)[C@@H]1C[C@@H](COc2ccccc2)O[C@H]1c1ccccc1. The van der Waals surface area contributed by atoms with Crippen LogP contribution in [0.1, 0.15) is 18.1 Å². The predicted octanol–water partition coefficient (Wildman–Crippen LogP) is 3.38. The predicted molar refractivity (Wildman–Crippen MR) is 86.1 cm³/mol. The molecule has 0 spiro atoms. The van der Waals surface area contributed by atoms with Gasteiger partial charge in [0.05, 0.1) is 25.2 Å². The molecule has 0 unspecified atom stereocenters. The fourth-order valence-electron chi connectivity index (χ4n) is 2.90. The highest BCUT2D eigenvalue weighted by Gasteiger charge is 2.41. The van der Waals surface area contributed by atoms with Crippen LogP contribution in [0.25, 0.3) is 0 Å². The van der Waals surface area contributed by atoms with Gasteiger partial charge in [0.15, 0.2) is 0 Å². The maximum atomic E-state index is 12.1. The monoisotopic (exact) mass is 312 g/mol. The summed E-state index contributed by atoms with van der Waals surface area (Å²) in [6.07, 6.45) is 0.177. The Bertz CT molecular complexity index is 626. The molecule has 0 N–H and O–H groups in total. The first kappa shape index (κ1) is 15.6. The number of carbonyl (C=O) groups is 1. The van der Waals surface area contributed by atoms with E-state index >= 15 is 0 Å². The molecule has 23 heavy (non-hydrogen) atoms. The van der Waals surface area contributed by atoms with E-state index in [-0.39, 0.29) is 24.1 Å². The van der Waals surface area contributed by atoms with E-state index < -0.39 is 0 Å². The number of methoxy groups -OCH3 is 1. The van der Waals surface area contributed by atoms with Crippen molar-refractivity contribution in [2.75, 3.05) is 13.7 Å². The smallest absolute Gasteiger partial charge is 0.311 e. The number of carbonyl (C=O) groups excluding carboxylic acids is 1. The van der Waals surface area contributed by atoms with Crippen molar-refractivity contribution in [3.63, 3.8) is 0 Å². The van der Waals surface area contributed by atoms with Gasteiger partial charge in [0.2, 0.25) is 0 Å². The molecule has 1 saturated heterocycles.